The molecule has 4 N–H and O–H groups in total. The van der Waals surface area contributed by atoms with Gasteiger partial charge in [0.1, 0.15) is 16.4 Å². The Kier molecular flexibility index (Phi) is 9.23. The third-order valence-corrected chi connectivity index (χ3v) is 7.04. The van der Waals surface area contributed by atoms with Crippen molar-refractivity contribution in [2.45, 2.75) is 26.1 Å². The highest BCUT2D eigenvalue weighted by Gasteiger charge is 2.34. The molecule has 0 aliphatic heterocycles. The van der Waals surface area contributed by atoms with E-state index in [4.69, 9.17) is 4.74 Å². The molecule has 222 valence electrons. The summed E-state index contributed by atoms with van der Waals surface area (Å²) in [6, 6.07) is 4.43. The normalized spacial score (nSPS) is 11.6. The molecule has 0 aliphatic carbocycles. The second-order valence-corrected chi connectivity index (χ2v) is 9.74. The van der Waals surface area contributed by atoms with Crippen molar-refractivity contribution < 1.29 is 37.7 Å². The summed E-state index contributed by atoms with van der Waals surface area (Å²) >= 11 is 0.737. The molecule has 0 aliphatic rings. The van der Waals surface area contributed by atoms with E-state index in [2.05, 4.69) is 20.6 Å². The molecule has 0 spiro atoms. The number of hydrogen-bond acceptors (Lipinski definition) is 9. The van der Waals surface area contributed by atoms with Crippen LogP contribution in [-0.4, -0.2) is 63.1 Å². The number of aromatic nitrogens is 3. The molecule has 0 atom stereocenters. The van der Waals surface area contributed by atoms with Crippen molar-refractivity contribution >= 4 is 40.1 Å². The summed E-state index contributed by atoms with van der Waals surface area (Å²) in [5, 5.41) is 25.5. The largest absolute Gasteiger partial charge is 0.462 e. The number of nitrogens with zero attached hydrogens (tertiary/aromatic N) is 3. The van der Waals surface area contributed by atoms with Crippen LogP contribution in [0.4, 0.5) is 23.8 Å². The molecule has 3 heterocycles. The lowest BCUT2D eigenvalue weighted by molar-refractivity contribution is -0.140. The predicted molar refractivity (Wildman–Crippen MR) is 149 cm³/mol. The van der Waals surface area contributed by atoms with E-state index < -0.39 is 48.6 Å². The molecule has 4 rings (SSSR count). The number of ether oxygens (including phenoxy) is 1. The van der Waals surface area contributed by atoms with Crippen LogP contribution in [0.25, 0.3) is 32.6 Å². The van der Waals surface area contributed by atoms with E-state index in [1.54, 1.807) is 19.9 Å². The van der Waals surface area contributed by atoms with Gasteiger partial charge in [-0.3, -0.25) is 10.1 Å². The molecular weight excluding hydrogens is 579 g/mol. The fourth-order valence-corrected chi connectivity index (χ4v) is 5.05. The van der Waals surface area contributed by atoms with Gasteiger partial charge in [-0.1, -0.05) is 6.07 Å². The van der Waals surface area contributed by atoms with Crippen LogP contribution in [0.5, 0.6) is 0 Å². The number of amides is 2. The molecule has 0 bridgehead atoms. The third kappa shape index (κ3) is 6.27. The molecule has 4 aromatic rings. The van der Waals surface area contributed by atoms with E-state index in [-0.39, 0.29) is 45.0 Å². The Hall–Kier alpha value is -4.34. The number of benzene rings is 1. The van der Waals surface area contributed by atoms with Gasteiger partial charge in [0.05, 0.1) is 31.4 Å². The number of aliphatic hydroxyl groups is 2. The number of halogens is 3. The van der Waals surface area contributed by atoms with Crippen molar-refractivity contribution in [1.82, 2.24) is 19.9 Å². The van der Waals surface area contributed by atoms with Crippen LogP contribution < -0.4 is 16.1 Å². The summed E-state index contributed by atoms with van der Waals surface area (Å²) in [5.74, 6) is -0.853. The molecule has 3 aromatic heterocycles. The molecule has 0 fully saturated rings. The maximum atomic E-state index is 13.4. The molecule has 0 unspecified atom stereocenters. The Morgan fingerprint density at radius 1 is 1.14 bits per heavy atom. The van der Waals surface area contributed by atoms with Gasteiger partial charge in [0.15, 0.2) is 5.69 Å². The Labute approximate surface area is 240 Å². The van der Waals surface area contributed by atoms with E-state index in [0.29, 0.717) is 12.1 Å². The molecule has 1 aromatic carbocycles. The highest BCUT2D eigenvalue weighted by atomic mass is 32.1. The summed E-state index contributed by atoms with van der Waals surface area (Å²) in [7, 11) is 0. The van der Waals surface area contributed by atoms with Crippen LogP contribution in [0.1, 0.15) is 35.9 Å². The number of urea groups is 1. The minimum atomic E-state index is -4.68. The van der Waals surface area contributed by atoms with Crippen LogP contribution in [-0.2, 0) is 10.9 Å². The fourth-order valence-electron chi connectivity index (χ4n) is 4.19. The van der Waals surface area contributed by atoms with Crippen LogP contribution in [0.3, 0.4) is 0 Å². The van der Waals surface area contributed by atoms with Gasteiger partial charge in [0, 0.05) is 40.8 Å². The first-order chi connectivity index (χ1) is 20.0. The molecule has 15 heteroatoms. The van der Waals surface area contributed by atoms with Crippen molar-refractivity contribution in [2.24, 2.45) is 0 Å². The van der Waals surface area contributed by atoms with Crippen molar-refractivity contribution in [1.29, 1.82) is 0 Å². The first-order valence-electron chi connectivity index (χ1n) is 12.7. The summed E-state index contributed by atoms with van der Waals surface area (Å²) in [4.78, 5) is 46.1. The zero-order chi connectivity index (χ0) is 30.6. The van der Waals surface area contributed by atoms with Gasteiger partial charge >= 0.3 is 18.2 Å². The van der Waals surface area contributed by atoms with Crippen LogP contribution in [0, 0.1) is 0 Å². The summed E-state index contributed by atoms with van der Waals surface area (Å²) in [6.07, 6.45) is -2.15. The zero-order valence-corrected chi connectivity index (χ0v) is 23.2. The standard InChI is InChI=1S/C27H26F3N5O6S/c1-3-31-26(40)34-22-8-16(24-33-21(13-42-24)27(28,29)30)18(9-32-22)14-5-6-20-17(7-14)23(38)19(25(39)41-4-2)10-35(20)15(11-36)12-37/h5-10,13,15,36-37H,3-4,11-12H2,1-2H3,(H2,31,32,34,40). The second kappa shape index (κ2) is 12.7. The van der Waals surface area contributed by atoms with Crippen molar-refractivity contribution in [3.63, 3.8) is 0 Å². The minimum Gasteiger partial charge on any atom is -0.462 e. The lowest BCUT2D eigenvalue weighted by Gasteiger charge is -2.20. The number of pyridine rings is 2. The smallest absolute Gasteiger partial charge is 0.434 e. The number of carbonyl (C=O) groups is 2. The zero-order valence-electron chi connectivity index (χ0n) is 22.4. The minimum absolute atomic E-state index is 0.000795. The van der Waals surface area contributed by atoms with Crippen LogP contribution in [0.15, 0.2) is 46.8 Å². The number of rotatable bonds is 9. The first-order valence-corrected chi connectivity index (χ1v) is 13.6. The summed E-state index contributed by atoms with van der Waals surface area (Å²) < 4.78 is 46.5. The molecular formula is C27H26F3N5O6S. The van der Waals surface area contributed by atoms with E-state index in [1.165, 1.54) is 35.2 Å². The van der Waals surface area contributed by atoms with E-state index in [1.807, 2.05) is 0 Å². The Morgan fingerprint density at radius 2 is 1.88 bits per heavy atom. The summed E-state index contributed by atoms with van der Waals surface area (Å²) in [5.41, 5.74) is -1.01. The third-order valence-electron chi connectivity index (χ3n) is 6.16. The number of nitrogens with one attached hydrogen (secondary N) is 2. The highest BCUT2D eigenvalue weighted by Crippen LogP contribution is 2.39. The number of fused-ring (bicyclic) bond motifs is 1. The van der Waals surface area contributed by atoms with Gasteiger partial charge in [0.25, 0.3) is 0 Å². The molecule has 0 saturated heterocycles. The molecule has 42 heavy (non-hydrogen) atoms. The van der Waals surface area contributed by atoms with Gasteiger partial charge in [-0.05, 0) is 37.6 Å². The quantitative estimate of drug-likeness (QED) is 0.208. The van der Waals surface area contributed by atoms with Gasteiger partial charge in [0.2, 0.25) is 5.43 Å². The SMILES string of the molecule is CCNC(=O)Nc1cc(-c2nc(C(F)(F)F)cs2)c(-c2ccc3c(c2)c(=O)c(C(=O)OCC)cn3C(CO)CO)cn1. The van der Waals surface area contributed by atoms with E-state index >= 15 is 0 Å². The van der Waals surface area contributed by atoms with Crippen molar-refractivity contribution in [3.8, 4) is 21.7 Å². The summed E-state index contributed by atoms with van der Waals surface area (Å²) in [6.45, 7) is 2.60. The van der Waals surface area contributed by atoms with Crippen LogP contribution in [0.2, 0.25) is 0 Å². The van der Waals surface area contributed by atoms with Crippen LogP contribution >= 0.6 is 11.3 Å². The van der Waals surface area contributed by atoms with Gasteiger partial charge in [-0.25, -0.2) is 19.6 Å². The number of carbonyl (C=O) groups excluding carboxylic acids is 2. The fraction of sp³-hybridized carbons (Fsp3) is 0.296. The second-order valence-electron chi connectivity index (χ2n) is 8.89. The lowest BCUT2D eigenvalue weighted by Crippen LogP contribution is -2.28. The number of thiazole rings is 1. The lowest BCUT2D eigenvalue weighted by atomic mass is 9.99. The topological polar surface area (TPSA) is 156 Å². The maximum Gasteiger partial charge on any atom is 0.434 e. The Balaban J connectivity index is 1.95. The molecule has 11 nitrogen and oxygen atoms in total. The number of anilines is 1. The Morgan fingerprint density at radius 3 is 2.50 bits per heavy atom. The average molecular weight is 606 g/mol. The number of aliphatic hydroxyl groups excluding tert-OH is 2. The predicted octanol–water partition coefficient (Wildman–Crippen LogP) is 4.05. The number of hydrogen-bond donors (Lipinski definition) is 4. The first kappa shape index (κ1) is 30.6. The highest BCUT2D eigenvalue weighted by molar-refractivity contribution is 7.13. The molecule has 0 saturated carbocycles. The van der Waals surface area contributed by atoms with E-state index in [0.717, 1.165) is 16.7 Å². The monoisotopic (exact) mass is 605 g/mol. The van der Waals surface area contributed by atoms with Crippen molar-refractivity contribution in [3.05, 3.63) is 63.5 Å². The Bertz CT molecular complexity index is 1680. The maximum absolute atomic E-state index is 13.4. The van der Waals surface area contributed by atoms with Gasteiger partial charge < -0.3 is 24.8 Å². The molecule has 2 amide bonds. The van der Waals surface area contributed by atoms with Gasteiger partial charge in [-0.2, -0.15) is 13.2 Å². The average Bonchev–Trinajstić information content (AvgIpc) is 3.46. The van der Waals surface area contributed by atoms with E-state index in [9.17, 15) is 37.8 Å². The number of esters is 1. The van der Waals surface area contributed by atoms with Crippen molar-refractivity contribution in [2.75, 3.05) is 31.7 Å². The number of alkyl halides is 3. The molecule has 0 radical (unpaired) electrons. The van der Waals surface area contributed by atoms with Gasteiger partial charge in [-0.15, -0.1) is 11.3 Å².